The monoisotopic (exact) mass is 351 g/mol. The number of carbonyl (C=O) groups excluding carboxylic acids is 1. The number of amides is 1. The number of H-pyrrole nitrogens is 1. The Morgan fingerprint density at radius 3 is 2.38 bits per heavy atom. The molecule has 26 heavy (non-hydrogen) atoms. The minimum atomic E-state index is -0.205. The van der Waals surface area contributed by atoms with Gasteiger partial charge in [-0.15, -0.1) is 0 Å². The van der Waals surface area contributed by atoms with Gasteiger partial charge in [0.25, 0.3) is 5.91 Å². The average molecular weight is 351 g/mol. The van der Waals surface area contributed by atoms with Gasteiger partial charge in [0.1, 0.15) is 0 Å². The molecule has 3 rings (SSSR count). The Bertz CT molecular complexity index is 859. The van der Waals surface area contributed by atoms with E-state index in [1.54, 1.807) is 24.4 Å². The van der Waals surface area contributed by atoms with Gasteiger partial charge in [-0.05, 0) is 55.8 Å². The summed E-state index contributed by atoms with van der Waals surface area (Å²) in [5.74, 6) is 0.995. The fraction of sp³-hybridized carbons (Fsp3) is 0.200. The molecule has 0 unspecified atom stereocenters. The molecule has 0 aliphatic carbocycles. The quantitative estimate of drug-likeness (QED) is 0.671. The Hall–Kier alpha value is -3.28. The van der Waals surface area contributed by atoms with E-state index in [2.05, 4.69) is 15.5 Å². The molecule has 1 aromatic heterocycles. The first kappa shape index (κ1) is 17.5. The number of carbonyl (C=O) groups is 1. The number of ether oxygens (including phenoxy) is 2. The van der Waals surface area contributed by atoms with Gasteiger partial charge >= 0.3 is 0 Å². The third-order valence-electron chi connectivity index (χ3n) is 3.76. The van der Waals surface area contributed by atoms with Crippen molar-refractivity contribution >= 4 is 11.6 Å². The maximum atomic E-state index is 12.5. The molecule has 0 atom stereocenters. The molecule has 1 amide bonds. The highest BCUT2D eigenvalue weighted by atomic mass is 16.5. The molecule has 0 radical (unpaired) electrons. The molecule has 0 saturated carbocycles. The van der Waals surface area contributed by atoms with Crippen molar-refractivity contribution in [2.75, 3.05) is 18.5 Å². The van der Waals surface area contributed by atoms with Crippen molar-refractivity contribution < 1.29 is 14.3 Å². The van der Waals surface area contributed by atoms with E-state index >= 15 is 0 Å². The highest BCUT2D eigenvalue weighted by Gasteiger charge is 2.12. The summed E-state index contributed by atoms with van der Waals surface area (Å²) in [6.45, 7) is 4.83. The van der Waals surface area contributed by atoms with E-state index in [0.29, 0.717) is 36.0 Å². The maximum Gasteiger partial charge on any atom is 0.255 e. The Morgan fingerprint density at radius 2 is 1.73 bits per heavy atom. The van der Waals surface area contributed by atoms with Crippen LogP contribution in [-0.2, 0) is 0 Å². The summed E-state index contributed by atoms with van der Waals surface area (Å²) in [6, 6.07) is 14.6. The topological polar surface area (TPSA) is 76.2 Å². The van der Waals surface area contributed by atoms with Gasteiger partial charge in [-0.1, -0.05) is 12.1 Å². The molecule has 6 heteroatoms. The number of hydrogen-bond donors (Lipinski definition) is 2. The molecule has 1 heterocycles. The van der Waals surface area contributed by atoms with Crippen LogP contribution in [0.3, 0.4) is 0 Å². The maximum absolute atomic E-state index is 12.5. The van der Waals surface area contributed by atoms with E-state index < -0.39 is 0 Å². The highest BCUT2D eigenvalue weighted by Crippen LogP contribution is 2.29. The van der Waals surface area contributed by atoms with E-state index in [-0.39, 0.29) is 5.91 Å². The summed E-state index contributed by atoms with van der Waals surface area (Å²) < 4.78 is 11.1. The normalized spacial score (nSPS) is 10.4. The number of benzene rings is 2. The fourth-order valence-corrected chi connectivity index (χ4v) is 2.55. The minimum Gasteiger partial charge on any atom is -0.490 e. The molecule has 0 aliphatic rings. The van der Waals surface area contributed by atoms with Gasteiger partial charge in [0.2, 0.25) is 0 Å². The summed E-state index contributed by atoms with van der Waals surface area (Å²) in [6.07, 6.45) is 1.70. The van der Waals surface area contributed by atoms with Crippen LogP contribution in [0.1, 0.15) is 24.2 Å². The number of aromatic nitrogens is 2. The molecular formula is C20H21N3O3. The summed E-state index contributed by atoms with van der Waals surface area (Å²) in [5.41, 5.74) is 3.15. The van der Waals surface area contributed by atoms with Crippen LogP contribution in [0.5, 0.6) is 11.5 Å². The molecule has 134 valence electrons. The molecule has 0 aliphatic heterocycles. The molecule has 2 aromatic carbocycles. The van der Waals surface area contributed by atoms with Gasteiger partial charge in [-0.25, -0.2) is 0 Å². The molecule has 3 aromatic rings. The van der Waals surface area contributed by atoms with Crippen molar-refractivity contribution in [1.82, 2.24) is 10.2 Å². The molecule has 6 nitrogen and oxygen atoms in total. The van der Waals surface area contributed by atoms with Crippen molar-refractivity contribution in [3.63, 3.8) is 0 Å². The summed E-state index contributed by atoms with van der Waals surface area (Å²) >= 11 is 0. The van der Waals surface area contributed by atoms with Gasteiger partial charge in [-0.3, -0.25) is 9.89 Å². The molecule has 0 saturated heterocycles. The lowest BCUT2D eigenvalue weighted by Crippen LogP contribution is -2.12. The number of rotatable bonds is 7. The number of anilines is 1. The van der Waals surface area contributed by atoms with Crippen molar-refractivity contribution in [2.24, 2.45) is 0 Å². The van der Waals surface area contributed by atoms with Crippen molar-refractivity contribution in [3.05, 3.63) is 60.3 Å². The van der Waals surface area contributed by atoms with Crippen molar-refractivity contribution in [1.29, 1.82) is 0 Å². The van der Waals surface area contributed by atoms with Crippen LogP contribution in [-0.4, -0.2) is 29.3 Å². The molecule has 0 bridgehead atoms. The SMILES string of the molecule is CCOc1ccc(C(=O)Nc2ccc(-c3ccn[nH]3)cc2)cc1OCC. The zero-order chi connectivity index (χ0) is 18.4. The van der Waals surface area contributed by atoms with Crippen molar-refractivity contribution in [3.8, 4) is 22.8 Å². The molecular weight excluding hydrogens is 330 g/mol. The fourth-order valence-electron chi connectivity index (χ4n) is 2.55. The van der Waals surface area contributed by atoms with E-state index in [4.69, 9.17) is 9.47 Å². The Balaban J connectivity index is 1.74. The third-order valence-corrected chi connectivity index (χ3v) is 3.76. The number of aromatic amines is 1. The third kappa shape index (κ3) is 4.03. The summed E-state index contributed by atoms with van der Waals surface area (Å²) in [5, 5.41) is 9.74. The predicted molar refractivity (Wildman–Crippen MR) is 101 cm³/mol. The lowest BCUT2D eigenvalue weighted by atomic mass is 10.1. The van der Waals surface area contributed by atoms with Gasteiger partial charge in [0.05, 0.1) is 18.9 Å². The van der Waals surface area contributed by atoms with Gasteiger partial charge in [-0.2, -0.15) is 5.10 Å². The van der Waals surface area contributed by atoms with Crippen LogP contribution in [0.15, 0.2) is 54.7 Å². The first-order valence-electron chi connectivity index (χ1n) is 8.52. The molecule has 0 spiro atoms. The molecule has 0 fully saturated rings. The molecule has 2 N–H and O–H groups in total. The van der Waals surface area contributed by atoms with Gasteiger partial charge < -0.3 is 14.8 Å². The van der Waals surface area contributed by atoms with Crippen molar-refractivity contribution in [2.45, 2.75) is 13.8 Å². The van der Waals surface area contributed by atoms with Crippen LogP contribution in [0.4, 0.5) is 5.69 Å². The first-order chi connectivity index (χ1) is 12.7. The van der Waals surface area contributed by atoms with E-state index in [9.17, 15) is 4.79 Å². The van der Waals surface area contributed by atoms with E-state index in [1.807, 2.05) is 44.2 Å². The second-order valence-corrected chi connectivity index (χ2v) is 5.53. The number of nitrogens with zero attached hydrogens (tertiary/aromatic N) is 1. The zero-order valence-corrected chi connectivity index (χ0v) is 14.8. The Labute approximate surface area is 152 Å². The first-order valence-corrected chi connectivity index (χ1v) is 8.52. The summed E-state index contributed by atoms with van der Waals surface area (Å²) in [7, 11) is 0. The second kappa shape index (κ2) is 8.20. The second-order valence-electron chi connectivity index (χ2n) is 5.53. The van der Waals surface area contributed by atoms with E-state index in [1.165, 1.54) is 0 Å². The van der Waals surface area contributed by atoms with Crippen LogP contribution in [0.2, 0.25) is 0 Å². The van der Waals surface area contributed by atoms with E-state index in [0.717, 1.165) is 11.3 Å². The minimum absolute atomic E-state index is 0.205. The highest BCUT2D eigenvalue weighted by molar-refractivity contribution is 6.04. The smallest absolute Gasteiger partial charge is 0.255 e. The average Bonchev–Trinajstić information content (AvgIpc) is 3.19. The Kier molecular flexibility index (Phi) is 5.53. The number of nitrogens with one attached hydrogen (secondary N) is 2. The van der Waals surface area contributed by atoms with Crippen LogP contribution >= 0.6 is 0 Å². The lowest BCUT2D eigenvalue weighted by molar-refractivity contribution is 0.102. The van der Waals surface area contributed by atoms with Crippen LogP contribution in [0.25, 0.3) is 11.3 Å². The predicted octanol–water partition coefficient (Wildman–Crippen LogP) is 4.13. The standard InChI is InChI=1S/C20H21N3O3/c1-3-25-18-10-7-15(13-19(18)26-4-2)20(24)22-16-8-5-14(6-9-16)17-11-12-21-23-17/h5-13H,3-4H2,1-2H3,(H,21,23)(H,22,24). The van der Waals surface area contributed by atoms with Gasteiger partial charge in [0.15, 0.2) is 11.5 Å². The Morgan fingerprint density at radius 1 is 1.00 bits per heavy atom. The zero-order valence-electron chi connectivity index (χ0n) is 14.8. The van der Waals surface area contributed by atoms with Crippen LogP contribution in [0, 0.1) is 0 Å². The number of hydrogen-bond acceptors (Lipinski definition) is 4. The van der Waals surface area contributed by atoms with Gasteiger partial charge in [0, 0.05) is 17.4 Å². The summed E-state index contributed by atoms with van der Waals surface area (Å²) in [4.78, 5) is 12.5. The largest absolute Gasteiger partial charge is 0.490 e. The van der Waals surface area contributed by atoms with Crippen LogP contribution < -0.4 is 14.8 Å². The lowest BCUT2D eigenvalue weighted by Gasteiger charge is -2.12.